The lowest BCUT2D eigenvalue weighted by Gasteiger charge is -2.35. The maximum absolute atomic E-state index is 6.62. The second kappa shape index (κ2) is 15.6. The first-order chi connectivity index (χ1) is 34.3. The van der Waals surface area contributed by atoms with Gasteiger partial charge in [-0.05, 0) is 64.2 Å². The number of nitrogens with zero attached hydrogens (tertiary/aromatic N) is 2. The molecule has 6 nitrogen and oxygen atoms in total. The zero-order valence-corrected chi connectivity index (χ0v) is 37.2. The topological polar surface area (TPSA) is 69.7 Å². The first-order valence-corrected chi connectivity index (χ1v) is 23.3. The minimum absolute atomic E-state index is 0.779. The summed E-state index contributed by atoms with van der Waals surface area (Å²) in [4.78, 5) is 3.88. The molecule has 0 atom stereocenters. The number of fused-ring (bicyclic) bond motifs is 9. The molecule has 0 unspecified atom stereocenters. The van der Waals surface area contributed by atoms with Crippen molar-refractivity contribution in [1.82, 2.24) is 10.5 Å². The Bertz CT molecular complexity index is 4230. The van der Waals surface area contributed by atoms with Gasteiger partial charge >= 0.3 is 0 Å². The highest BCUT2D eigenvalue weighted by molar-refractivity contribution is 6.43. The van der Waals surface area contributed by atoms with Crippen molar-refractivity contribution in [2.45, 2.75) is 0 Å². The summed E-state index contributed by atoms with van der Waals surface area (Å²) >= 11 is 0. The van der Waals surface area contributed by atoms with E-state index in [1.165, 1.54) is 5.39 Å². The van der Waals surface area contributed by atoms with Gasteiger partial charge in [0.2, 0.25) is 0 Å². The molecule has 4 heterocycles. The van der Waals surface area contributed by atoms with Gasteiger partial charge in [-0.2, -0.15) is 5.10 Å². The number of H-pyrrole nitrogens is 1. The van der Waals surface area contributed by atoms with Crippen LogP contribution in [0, 0.1) is 0 Å². The number of hydrazine groups is 1. The smallest absolute Gasteiger partial charge is 0.137 e. The Morgan fingerprint density at radius 3 is 1.64 bits per heavy atom. The standard InChI is InChI=1S/C63H40N4O2/c1-3-19-39(20-4-1)41-23-7-8-24-42(41)44-28-15-29-45(47-31-16-30-46-43-25-9-12-33-51(43)64-61(46)47)58(44)60-62(50-32-17-37-55-57(50)48-26-10-13-35-53(48)68-55)65-66-67(63(60)40-21-5-2-6-22-40)52-34-18-38-56-59(52)49-27-11-14-36-54(49)69-56/h1-38,64,66H. The zero-order valence-electron chi connectivity index (χ0n) is 37.2. The normalized spacial score (nSPS) is 13.0. The SMILES string of the molecule is c1ccc(C2=C(c3c(-c4ccccc4-c4ccccc4)cccc3-c3cccc4c3[nH]c3ccccc34)C(c3cccc4oc5ccccc5c34)=NNN2c2cccc3oc4ccccc4c23)cc1. The molecule has 1 aliphatic heterocycles. The van der Waals surface area contributed by atoms with Crippen molar-refractivity contribution < 1.29 is 8.83 Å². The van der Waals surface area contributed by atoms with Gasteiger partial charge < -0.3 is 13.8 Å². The van der Waals surface area contributed by atoms with Crippen molar-refractivity contribution in [3.05, 3.63) is 247 Å². The first kappa shape index (κ1) is 38.8. The van der Waals surface area contributed by atoms with Crippen molar-refractivity contribution >= 4 is 88.4 Å². The Balaban J connectivity index is 1.18. The van der Waals surface area contributed by atoms with E-state index in [4.69, 9.17) is 13.9 Å². The second-order valence-corrected chi connectivity index (χ2v) is 17.5. The Kier molecular flexibility index (Phi) is 8.79. The van der Waals surface area contributed by atoms with Gasteiger partial charge in [-0.25, -0.2) is 10.5 Å². The fourth-order valence-corrected chi connectivity index (χ4v) is 10.8. The Hall–Kier alpha value is -9.39. The van der Waals surface area contributed by atoms with E-state index in [0.717, 1.165) is 133 Å². The number of furan rings is 2. The quantitative estimate of drug-likeness (QED) is 0.167. The molecule has 69 heavy (non-hydrogen) atoms. The van der Waals surface area contributed by atoms with Crippen LogP contribution in [0.1, 0.15) is 16.7 Å². The maximum Gasteiger partial charge on any atom is 0.137 e. The summed E-state index contributed by atoms with van der Waals surface area (Å²) in [5.74, 6) is 0. The highest BCUT2D eigenvalue weighted by atomic mass is 16.3. The monoisotopic (exact) mass is 884 g/mol. The number of hydrogen-bond acceptors (Lipinski definition) is 5. The molecular formula is C63H40N4O2. The number of para-hydroxylation sites is 4. The lowest BCUT2D eigenvalue weighted by atomic mass is 9.80. The number of aromatic amines is 1. The molecule has 1 aliphatic rings. The van der Waals surface area contributed by atoms with Crippen molar-refractivity contribution in [2.24, 2.45) is 5.10 Å². The van der Waals surface area contributed by atoms with Crippen LogP contribution in [-0.2, 0) is 0 Å². The van der Waals surface area contributed by atoms with Crippen LogP contribution < -0.4 is 10.5 Å². The Labute approximate surface area is 396 Å². The van der Waals surface area contributed by atoms with Gasteiger partial charge in [-0.15, -0.1) is 0 Å². The number of rotatable bonds is 7. The predicted molar refractivity (Wildman–Crippen MR) is 285 cm³/mol. The summed E-state index contributed by atoms with van der Waals surface area (Å²) in [7, 11) is 0. The number of hydrogen-bond donors (Lipinski definition) is 2. The van der Waals surface area contributed by atoms with Crippen LogP contribution >= 0.6 is 0 Å². The van der Waals surface area contributed by atoms with Crippen molar-refractivity contribution in [3.8, 4) is 33.4 Å². The summed E-state index contributed by atoms with van der Waals surface area (Å²) in [5, 5.41) is 14.1. The Morgan fingerprint density at radius 2 is 0.870 bits per heavy atom. The van der Waals surface area contributed by atoms with E-state index < -0.39 is 0 Å². The summed E-state index contributed by atoms with van der Waals surface area (Å²) < 4.78 is 13.2. The molecule has 10 aromatic carbocycles. The summed E-state index contributed by atoms with van der Waals surface area (Å²) in [6.07, 6.45) is 0. The van der Waals surface area contributed by atoms with E-state index >= 15 is 0 Å². The van der Waals surface area contributed by atoms with Gasteiger partial charge in [0.25, 0.3) is 0 Å². The fourth-order valence-electron chi connectivity index (χ4n) is 10.8. The number of benzene rings is 10. The average Bonchev–Trinajstić information content (AvgIpc) is 4.13. The predicted octanol–water partition coefficient (Wildman–Crippen LogP) is 16.4. The average molecular weight is 885 g/mol. The minimum atomic E-state index is 0.779. The van der Waals surface area contributed by atoms with E-state index in [1.54, 1.807) is 0 Å². The third-order valence-electron chi connectivity index (χ3n) is 13.7. The number of aromatic nitrogens is 1. The molecule has 6 heteroatoms. The molecule has 0 fully saturated rings. The molecule has 0 saturated heterocycles. The lowest BCUT2D eigenvalue weighted by molar-refractivity contribution is 0.668. The summed E-state index contributed by atoms with van der Waals surface area (Å²) in [5.41, 5.74) is 22.2. The van der Waals surface area contributed by atoms with E-state index in [2.05, 4.69) is 216 Å². The van der Waals surface area contributed by atoms with Gasteiger partial charge in [-0.1, -0.05) is 194 Å². The molecule has 0 saturated carbocycles. The Morgan fingerprint density at radius 1 is 0.362 bits per heavy atom. The summed E-state index contributed by atoms with van der Waals surface area (Å²) in [6.45, 7) is 0. The van der Waals surface area contributed by atoms with Gasteiger partial charge in [0, 0.05) is 60.3 Å². The third kappa shape index (κ3) is 6.09. The molecule has 0 bridgehead atoms. The van der Waals surface area contributed by atoms with Crippen LogP contribution in [0.15, 0.2) is 244 Å². The van der Waals surface area contributed by atoms with E-state index in [1.807, 2.05) is 30.3 Å². The van der Waals surface area contributed by atoms with Crippen LogP contribution in [0.4, 0.5) is 5.69 Å². The largest absolute Gasteiger partial charge is 0.456 e. The van der Waals surface area contributed by atoms with E-state index in [0.29, 0.717) is 0 Å². The third-order valence-corrected chi connectivity index (χ3v) is 13.7. The zero-order chi connectivity index (χ0) is 45.4. The van der Waals surface area contributed by atoms with Gasteiger partial charge in [0.15, 0.2) is 0 Å². The van der Waals surface area contributed by atoms with Crippen molar-refractivity contribution in [3.63, 3.8) is 0 Å². The molecule has 324 valence electrons. The number of nitrogens with one attached hydrogen (secondary N) is 2. The van der Waals surface area contributed by atoms with Gasteiger partial charge in [0.1, 0.15) is 28.0 Å². The van der Waals surface area contributed by atoms with Crippen LogP contribution in [0.2, 0.25) is 0 Å². The fraction of sp³-hybridized carbons (Fsp3) is 0. The molecule has 3 aromatic heterocycles. The van der Waals surface area contributed by atoms with Crippen molar-refractivity contribution in [1.29, 1.82) is 0 Å². The molecule has 0 spiro atoms. The molecule has 0 aliphatic carbocycles. The van der Waals surface area contributed by atoms with Gasteiger partial charge in [0.05, 0.1) is 22.3 Å². The van der Waals surface area contributed by atoms with Gasteiger partial charge in [-0.3, -0.25) is 0 Å². The van der Waals surface area contributed by atoms with Crippen LogP contribution in [0.3, 0.4) is 0 Å². The molecule has 14 rings (SSSR count). The molecule has 0 radical (unpaired) electrons. The molecule has 2 N–H and O–H groups in total. The second-order valence-electron chi connectivity index (χ2n) is 17.5. The highest BCUT2D eigenvalue weighted by Crippen LogP contribution is 2.50. The number of allylic oxidation sites excluding steroid dienone is 1. The van der Waals surface area contributed by atoms with Crippen LogP contribution in [0.25, 0.3) is 110 Å². The van der Waals surface area contributed by atoms with Crippen LogP contribution in [-0.4, -0.2) is 10.7 Å². The summed E-state index contributed by atoms with van der Waals surface area (Å²) in [6, 6.07) is 81.3. The van der Waals surface area contributed by atoms with E-state index in [9.17, 15) is 0 Å². The number of hydrazone groups is 1. The van der Waals surface area contributed by atoms with E-state index in [-0.39, 0.29) is 0 Å². The number of anilines is 1. The maximum atomic E-state index is 6.62. The molecule has 0 amide bonds. The molecule has 13 aromatic rings. The minimum Gasteiger partial charge on any atom is -0.456 e. The lowest BCUT2D eigenvalue weighted by Crippen LogP contribution is -2.39. The highest BCUT2D eigenvalue weighted by Gasteiger charge is 2.35. The van der Waals surface area contributed by atoms with Crippen LogP contribution in [0.5, 0.6) is 0 Å². The van der Waals surface area contributed by atoms with Crippen molar-refractivity contribution in [2.75, 3.05) is 5.01 Å². The molecular weight excluding hydrogens is 845 g/mol. The first-order valence-electron chi connectivity index (χ1n) is 23.3.